The average Bonchev–Trinajstić information content (AvgIpc) is 2.65. The van der Waals surface area contributed by atoms with Crippen LogP contribution in [0.25, 0.3) is 0 Å². The Kier molecular flexibility index (Phi) is 7.02. The molecule has 2 aromatic carbocycles. The minimum atomic E-state index is -5.00. The van der Waals surface area contributed by atoms with Crippen LogP contribution in [0, 0.1) is 0 Å². The molecule has 0 radical (unpaired) electrons. The van der Waals surface area contributed by atoms with Gasteiger partial charge in [-0.3, -0.25) is 0 Å². The Morgan fingerprint density at radius 2 is 1.67 bits per heavy atom. The van der Waals surface area contributed by atoms with Crippen molar-refractivity contribution >= 4 is 11.7 Å². The van der Waals surface area contributed by atoms with E-state index in [1.54, 1.807) is 6.92 Å². The van der Waals surface area contributed by atoms with Crippen molar-refractivity contribution in [2.75, 3.05) is 11.4 Å². The Labute approximate surface area is 168 Å². The predicted molar refractivity (Wildman–Crippen MR) is 97.3 cm³/mol. The van der Waals surface area contributed by atoms with E-state index in [1.165, 1.54) is 24.3 Å². The Morgan fingerprint density at radius 3 is 2.20 bits per heavy atom. The number of rotatable bonds is 7. The Hall–Kier alpha value is -2.75. The third-order valence-electron chi connectivity index (χ3n) is 4.53. The van der Waals surface area contributed by atoms with E-state index in [0.717, 1.165) is 23.1 Å². The molecule has 0 fully saturated rings. The predicted octanol–water partition coefficient (Wildman–Crippen LogP) is 4.90. The minimum absolute atomic E-state index is 0.0117. The van der Waals surface area contributed by atoms with Gasteiger partial charge in [-0.25, -0.2) is 4.79 Å². The van der Waals surface area contributed by atoms with Gasteiger partial charge < -0.3 is 15.1 Å². The zero-order chi connectivity index (χ0) is 22.7. The van der Waals surface area contributed by atoms with Crippen molar-refractivity contribution in [2.24, 2.45) is 0 Å². The van der Waals surface area contributed by atoms with Crippen molar-refractivity contribution < 1.29 is 41.4 Å². The Balaban J connectivity index is 2.59. The first-order valence-corrected chi connectivity index (χ1v) is 8.86. The summed E-state index contributed by atoms with van der Waals surface area (Å²) in [6.07, 6.45) is -12.5. The fraction of sp³-hybridized carbons (Fsp3) is 0.350. The lowest BCUT2D eigenvalue weighted by Crippen LogP contribution is -2.41. The van der Waals surface area contributed by atoms with Crippen LogP contribution in [-0.4, -0.2) is 35.0 Å². The number of anilines is 1. The summed E-state index contributed by atoms with van der Waals surface area (Å²) in [5.74, 6) is -1.32. The standard InChI is InChI=1S/C20H19F6NO3/c1-2-13-14(18(29)30)7-5-9-16(13)27(11-17(28)20(24,25)26)10-12-6-3-4-8-15(12)19(21,22)23/h3-9,17,28H,2,10-11H2,1H3,(H,29,30). The topological polar surface area (TPSA) is 60.8 Å². The van der Waals surface area contributed by atoms with Crippen molar-refractivity contribution in [2.45, 2.75) is 38.3 Å². The Bertz CT molecular complexity index is 895. The number of hydrogen-bond donors (Lipinski definition) is 2. The van der Waals surface area contributed by atoms with Gasteiger partial charge in [0.25, 0.3) is 0 Å². The number of aromatic carboxylic acids is 1. The highest BCUT2D eigenvalue weighted by atomic mass is 19.4. The highest BCUT2D eigenvalue weighted by Gasteiger charge is 2.40. The summed E-state index contributed by atoms with van der Waals surface area (Å²) in [5, 5.41) is 18.9. The molecule has 0 aliphatic rings. The molecule has 0 saturated heterocycles. The number of carboxylic acid groups (broad SMARTS) is 1. The highest BCUT2D eigenvalue weighted by molar-refractivity contribution is 5.91. The van der Waals surface area contributed by atoms with Gasteiger partial charge in [0.05, 0.1) is 17.7 Å². The molecule has 10 heteroatoms. The number of carboxylic acids is 1. The van der Waals surface area contributed by atoms with Crippen LogP contribution in [0.5, 0.6) is 0 Å². The Morgan fingerprint density at radius 1 is 1.03 bits per heavy atom. The van der Waals surface area contributed by atoms with Gasteiger partial charge in [-0.2, -0.15) is 26.3 Å². The van der Waals surface area contributed by atoms with Crippen molar-refractivity contribution in [1.82, 2.24) is 0 Å². The molecule has 0 aromatic heterocycles. The van der Waals surface area contributed by atoms with E-state index >= 15 is 0 Å². The normalized spacial score (nSPS) is 13.2. The summed E-state index contributed by atoms with van der Waals surface area (Å²) >= 11 is 0. The number of alkyl halides is 6. The lowest BCUT2D eigenvalue weighted by atomic mass is 10.00. The van der Waals surface area contributed by atoms with Crippen LogP contribution in [0.1, 0.15) is 34.0 Å². The molecule has 0 bridgehead atoms. The zero-order valence-corrected chi connectivity index (χ0v) is 15.8. The molecular weight excluding hydrogens is 416 g/mol. The van der Waals surface area contributed by atoms with Crippen LogP contribution in [-0.2, 0) is 19.1 Å². The van der Waals surface area contributed by atoms with Gasteiger partial charge in [0, 0.05) is 12.2 Å². The molecular formula is C20H19F6NO3. The van der Waals surface area contributed by atoms with Gasteiger partial charge in [0.2, 0.25) is 0 Å². The molecule has 0 amide bonds. The van der Waals surface area contributed by atoms with Gasteiger partial charge in [0.15, 0.2) is 6.10 Å². The van der Waals surface area contributed by atoms with Crippen LogP contribution >= 0.6 is 0 Å². The van der Waals surface area contributed by atoms with Crippen molar-refractivity contribution in [3.05, 3.63) is 64.7 Å². The number of carbonyl (C=O) groups is 1. The lowest BCUT2D eigenvalue weighted by molar-refractivity contribution is -0.200. The number of aliphatic hydroxyl groups excluding tert-OH is 1. The maximum atomic E-state index is 13.3. The van der Waals surface area contributed by atoms with Crippen molar-refractivity contribution in [3.8, 4) is 0 Å². The molecule has 2 rings (SSSR count). The van der Waals surface area contributed by atoms with Crippen LogP contribution in [0.15, 0.2) is 42.5 Å². The smallest absolute Gasteiger partial charge is 0.416 e. The van der Waals surface area contributed by atoms with E-state index in [0.29, 0.717) is 0 Å². The van der Waals surface area contributed by atoms with E-state index in [9.17, 15) is 41.4 Å². The molecule has 0 spiro atoms. The third-order valence-corrected chi connectivity index (χ3v) is 4.53. The van der Waals surface area contributed by atoms with Crippen LogP contribution in [0.2, 0.25) is 0 Å². The quantitative estimate of drug-likeness (QED) is 0.608. The van der Waals surface area contributed by atoms with Gasteiger partial charge in [-0.1, -0.05) is 31.2 Å². The maximum Gasteiger partial charge on any atom is 0.416 e. The van der Waals surface area contributed by atoms with Crippen LogP contribution in [0.3, 0.4) is 0 Å². The minimum Gasteiger partial charge on any atom is -0.478 e. The number of aliphatic hydroxyl groups is 1. The number of nitrogens with zero attached hydrogens (tertiary/aromatic N) is 1. The van der Waals surface area contributed by atoms with E-state index in [1.807, 2.05) is 0 Å². The van der Waals surface area contributed by atoms with Gasteiger partial charge >= 0.3 is 18.3 Å². The van der Waals surface area contributed by atoms with E-state index < -0.39 is 43.1 Å². The summed E-state index contributed by atoms with van der Waals surface area (Å²) in [4.78, 5) is 12.4. The van der Waals surface area contributed by atoms with Crippen molar-refractivity contribution in [3.63, 3.8) is 0 Å². The summed E-state index contributed by atoms with van der Waals surface area (Å²) in [7, 11) is 0. The number of halogens is 6. The number of hydrogen-bond acceptors (Lipinski definition) is 3. The second-order valence-corrected chi connectivity index (χ2v) is 6.55. The highest BCUT2D eigenvalue weighted by Crippen LogP contribution is 2.35. The average molecular weight is 435 g/mol. The second kappa shape index (κ2) is 8.95. The van der Waals surface area contributed by atoms with Gasteiger partial charge in [-0.15, -0.1) is 0 Å². The summed E-state index contributed by atoms with van der Waals surface area (Å²) in [6.45, 7) is -0.0992. The third kappa shape index (κ3) is 5.44. The van der Waals surface area contributed by atoms with Crippen LogP contribution in [0.4, 0.5) is 32.0 Å². The molecule has 2 N–H and O–H groups in total. The molecule has 30 heavy (non-hydrogen) atoms. The fourth-order valence-corrected chi connectivity index (χ4v) is 3.14. The van der Waals surface area contributed by atoms with Crippen LogP contribution < -0.4 is 4.90 Å². The monoisotopic (exact) mass is 435 g/mol. The molecule has 4 nitrogen and oxygen atoms in total. The summed E-state index contributed by atoms with van der Waals surface area (Å²) in [5.41, 5.74) is -1.33. The first-order chi connectivity index (χ1) is 13.9. The molecule has 0 aliphatic carbocycles. The van der Waals surface area contributed by atoms with E-state index in [2.05, 4.69) is 0 Å². The van der Waals surface area contributed by atoms with Crippen molar-refractivity contribution in [1.29, 1.82) is 0 Å². The second-order valence-electron chi connectivity index (χ2n) is 6.55. The maximum absolute atomic E-state index is 13.3. The lowest BCUT2D eigenvalue weighted by Gasteiger charge is -2.31. The molecule has 0 aliphatic heterocycles. The largest absolute Gasteiger partial charge is 0.478 e. The molecule has 1 unspecified atom stereocenters. The number of benzene rings is 2. The van der Waals surface area contributed by atoms with Gasteiger partial charge in [-0.05, 0) is 35.7 Å². The molecule has 0 heterocycles. The van der Waals surface area contributed by atoms with Gasteiger partial charge in [0.1, 0.15) is 0 Å². The SMILES string of the molecule is CCc1c(C(=O)O)cccc1N(Cc1ccccc1C(F)(F)F)CC(O)C(F)(F)F. The molecule has 164 valence electrons. The molecule has 2 aromatic rings. The van der Waals surface area contributed by atoms with E-state index in [-0.39, 0.29) is 28.8 Å². The van der Waals surface area contributed by atoms with E-state index in [4.69, 9.17) is 0 Å². The molecule has 1 atom stereocenters. The summed E-state index contributed by atoms with van der Waals surface area (Å²) in [6, 6.07) is 8.28. The summed E-state index contributed by atoms with van der Waals surface area (Å²) < 4.78 is 78.9. The first kappa shape index (κ1) is 23.5. The fourth-order valence-electron chi connectivity index (χ4n) is 3.14. The zero-order valence-electron chi connectivity index (χ0n) is 15.8. The first-order valence-electron chi connectivity index (χ1n) is 8.86. The molecule has 0 saturated carbocycles.